The maximum absolute atomic E-state index is 14.8. The lowest BCUT2D eigenvalue weighted by Gasteiger charge is -2.33. The third-order valence-corrected chi connectivity index (χ3v) is 8.92. The Hall–Kier alpha value is -4.18. The zero-order valence-corrected chi connectivity index (χ0v) is 23.7. The van der Waals surface area contributed by atoms with Gasteiger partial charge in [0.15, 0.2) is 5.82 Å². The van der Waals surface area contributed by atoms with E-state index in [1.807, 2.05) is 0 Å². The first-order valence-corrected chi connectivity index (χ1v) is 14.5. The van der Waals surface area contributed by atoms with Crippen molar-refractivity contribution in [2.24, 2.45) is 11.8 Å². The highest BCUT2D eigenvalue weighted by Gasteiger charge is 2.46. The number of carboxylic acids is 1. The normalized spacial score (nSPS) is 19.4. The molecule has 11 heteroatoms. The first-order chi connectivity index (χ1) is 20.2. The van der Waals surface area contributed by atoms with Gasteiger partial charge in [-0.15, -0.1) is 0 Å². The van der Waals surface area contributed by atoms with Crippen molar-refractivity contribution in [3.05, 3.63) is 76.5 Å². The highest BCUT2D eigenvalue weighted by atomic mass is 35.5. The third kappa shape index (κ3) is 5.04. The molecular weight excluding hydrogens is 563 g/mol. The molecule has 2 aromatic carbocycles. The molecule has 0 radical (unpaired) electrons. The molecule has 0 spiro atoms. The minimum absolute atomic E-state index is 0.00811. The maximum atomic E-state index is 14.8. The van der Waals surface area contributed by atoms with Gasteiger partial charge < -0.3 is 19.7 Å². The largest absolute Gasteiger partial charge is 0.475 e. The number of anilines is 1. The third-order valence-electron chi connectivity index (χ3n) is 8.62. The molecule has 3 heterocycles. The molecule has 1 saturated carbocycles. The van der Waals surface area contributed by atoms with Crippen LogP contribution in [-0.2, 0) is 4.79 Å². The van der Waals surface area contributed by atoms with Gasteiger partial charge in [0.25, 0.3) is 5.91 Å². The topological polar surface area (TPSA) is 118 Å². The fraction of sp³-hybridized carbons (Fsp3) is 0.355. The van der Waals surface area contributed by atoms with E-state index in [0.717, 1.165) is 25.7 Å². The van der Waals surface area contributed by atoms with Crippen LogP contribution in [0.4, 0.5) is 10.1 Å². The molecule has 1 saturated heterocycles. The number of hydrogen-bond donors (Lipinski definition) is 2. The number of aromatic carboxylic acids is 1. The van der Waals surface area contributed by atoms with Gasteiger partial charge in [-0.25, -0.2) is 13.9 Å². The molecule has 1 aliphatic heterocycles. The molecule has 4 aromatic rings. The Morgan fingerprint density at radius 1 is 1.10 bits per heavy atom. The highest BCUT2D eigenvalue weighted by Crippen LogP contribution is 2.40. The summed E-state index contributed by atoms with van der Waals surface area (Å²) in [5.74, 6) is -2.32. The fourth-order valence-corrected chi connectivity index (χ4v) is 6.72. The summed E-state index contributed by atoms with van der Waals surface area (Å²) >= 11 is 5.98. The number of halogens is 2. The summed E-state index contributed by atoms with van der Waals surface area (Å²) in [6.45, 7) is 2.10. The number of amides is 2. The van der Waals surface area contributed by atoms with Crippen molar-refractivity contribution in [2.75, 3.05) is 11.9 Å². The van der Waals surface area contributed by atoms with E-state index in [1.165, 1.54) is 35.5 Å². The molecule has 218 valence electrons. The Labute approximate surface area is 246 Å². The predicted molar refractivity (Wildman–Crippen MR) is 155 cm³/mol. The Kier molecular flexibility index (Phi) is 7.49. The molecule has 6 rings (SSSR count). The number of hydrogen-bond acceptors (Lipinski definition) is 5. The van der Waals surface area contributed by atoms with Crippen molar-refractivity contribution in [1.29, 1.82) is 0 Å². The average Bonchev–Trinajstić information content (AvgIpc) is 3.71. The standard InChI is InChI=1S/C31H30ClFN4O5/c1-17-22(16-34-37(17)24-9-5-8-23(32)27(24)33)30(39)36-13-12-21(18-6-3-2-4-7-18)28(36)29(38)35-20-10-11-25-19(14-20)15-26(42-25)31(40)41/h5,8-11,14-16,18,21,28H,2-4,6-7,12-13H2,1H3,(H,35,38)(H,40,41)/t21-,28-/m0/s1. The SMILES string of the molecule is Cc1c(C(=O)N2CC[C@@H](C3CCCCC3)[C@H]2C(=O)Nc2ccc3oc(C(=O)O)cc3c2)cnn1-c1cccc(Cl)c1F. The summed E-state index contributed by atoms with van der Waals surface area (Å²) in [6.07, 6.45) is 7.51. The van der Waals surface area contributed by atoms with Gasteiger partial charge in [0.2, 0.25) is 11.7 Å². The van der Waals surface area contributed by atoms with Crippen LogP contribution < -0.4 is 5.32 Å². The molecule has 2 N–H and O–H groups in total. The second-order valence-electron chi connectivity index (χ2n) is 11.1. The number of aromatic nitrogens is 2. The van der Waals surface area contributed by atoms with Gasteiger partial charge >= 0.3 is 5.97 Å². The molecule has 9 nitrogen and oxygen atoms in total. The van der Waals surface area contributed by atoms with Gasteiger partial charge in [0.1, 0.15) is 17.3 Å². The zero-order valence-electron chi connectivity index (χ0n) is 23.0. The van der Waals surface area contributed by atoms with Crippen LogP contribution in [0.25, 0.3) is 16.7 Å². The van der Waals surface area contributed by atoms with Crippen molar-refractivity contribution in [3.8, 4) is 5.69 Å². The summed E-state index contributed by atoms with van der Waals surface area (Å²) in [7, 11) is 0. The van der Waals surface area contributed by atoms with Crippen LogP contribution in [0.1, 0.15) is 65.1 Å². The number of carbonyl (C=O) groups is 3. The molecule has 2 aromatic heterocycles. The van der Waals surface area contributed by atoms with Crippen molar-refractivity contribution < 1.29 is 28.3 Å². The lowest BCUT2D eigenvalue weighted by Crippen LogP contribution is -2.47. The molecule has 2 amide bonds. The van der Waals surface area contributed by atoms with Crippen LogP contribution in [0.3, 0.4) is 0 Å². The summed E-state index contributed by atoms with van der Waals surface area (Å²) in [5, 5.41) is 17.0. The van der Waals surface area contributed by atoms with Crippen molar-refractivity contribution >= 4 is 46.0 Å². The van der Waals surface area contributed by atoms with Crippen LogP contribution in [0.2, 0.25) is 5.02 Å². The van der Waals surface area contributed by atoms with E-state index in [-0.39, 0.29) is 39.8 Å². The zero-order chi connectivity index (χ0) is 29.5. The van der Waals surface area contributed by atoms with Crippen LogP contribution >= 0.6 is 11.6 Å². The molecule has 1 aliphatic carbocycles. The van der Waals surface area contributed by atoms with Crippen molar-refractivity contribution in [3.63, 3.8) is 0 Å². The molecule has 0 unspecified atom stereocenters. The molecule has 2 aliphatic rings. The van der Waals surface area contributed by atoms with E-state index in [4.69, 9.17) is 16.0 Å². The Morgan fingerprint density at radius 2 is 1.88 bits per heavy atom. The molecule has 42 heavy (non-hydrogen) atoms. The number of likely N-dealkylation sites (tertiary alicyclic amines) is 1. The smallest absolute Gasteiger partial charge is 0.371 e. The van der Waals surface area contributed by atoms with Gasteiger partial charge in [0.05, 0.1) is 22.5 Å². The second kappa shape index (κ2) is 11.2. The minimum atomic E-state index is -1.18. The van der Waals surface area contributed by atoms with Crippen LogP contribution in [-0.4, -0.2) is 50.2 Å². The van der Waals surface area contributed by atoms with Crippen molar-refractivity contribution in [1.82, 2.24) is 14.7 Å². The Bertz CT molecular complexity index is 1690. The number of carbonyl (C=O) groups excluding carboxylic acids is 2. The van der Waals surface area contributed by atoms with E-state index >= 15 is 0 Å². The number of rotatable bonds is 6. The average molecular weight is 593 g/mol. The summed E-state index contributed by atoms with van der Waals surface area (Å²) in [4.78, 5) is 40.9. The Balaban J connectivity index is 1.30. The van der Waals surface area contributed by atoms with Gasteiger partial charge in [-0.3, -0.25) is 9.59 Å². The molecule has 0 bridgehead atoms. The van der Waals surface area contributed by atoms with Crippen LogP contribution in [0.5, 0.6) is 0 Å². The first-order valence-electron chi connectivity index (χ1n) is 14.1. The van der Waals surface area contributed by atoms with Crippen molar-refractivity contribution in [2.45, 2.75) is 51.5 Å². The molecule has 2 fully saturated rings. The molecular formula is C31H30ClFN4O5. The number of fused-ring (bicyclic) bond motifs is 1. The van der Waals surface area contributed by atoms with Gasteiger partial charge in [-0.05, 0) is 61.6 Å². The van der Waals surface area contributed by atoms with Crippen LogP contribution in [0, 0.1) is 24.6 Å². The highest BCUT2D eigenvalue weighted by molar-refractivity contribution is 6.30. The van der Waals surface area contributed by atoms with Gasteiger partial charge in [-0.2, -0.15) is 5.10 Å². The van der Waals surface area contributed by atoms with E-state index in [1.54, 1.807) is 36.1 Å². The van der Waals surface area contributed by atoms with Gasteiger partial charge in [0, 0.05) is 17.6 Å². The summed E-state index contributed by atoms with van der Waals surface area (Å²) in [5.41, 5.74) is 1.74. The monoisotopic (exact) mass is 592 g/mol. The minimum Gasteiger partial charge on any atom is -0.475 e. The lowest BCUT2D eigenvalue weighted by molar-refractivity contribution is -0.121. The number of furan rings is 1. The maximum Gasteiger partial charge on any atom is 0.371 e. The number of nitrogens with zero attached hydrogens (tertiary/aromatic N) is 3. The second-order valence-corrected chi connectivity index (χ2v) is 11.5. The number of nitrogens with one attached hydrogen (secondary N) is 1. The van der Waals surface area contributed by atoms with E-state index in [2.05, 4.69) is 10.4 Å². The first kappa shape index (κ1) is 28.0. The van der Waals surface area contributed by atoms with Crippen LogP contribution in [0.15, 0.2) is 53.1 Å². The van der Waals surface area contributed by atoms with E-state index in [0.29, 0.717) is 41.2 Å². The molecule has 2 atom stereocenters. The number of carboxylic acid groups (broad SMARTS) is 1. The van der Waals surface area contributed by atoms with Gasteiger partial charge in [-0.1, -0.05) is 49.8 Å². The summed E-state index contributed by atoms with van der Waals surface area (Å²) in [6, 6.07) is 10.2. The van der Waals surface area contributed by atoms with E-state index in [9.17, 15) is 23.9 Å². The Morgan fingerprint density at radius 3 is 2.64 bits per heavy atom. The van der Waals surface area contributed by atoms with E-state index < -0.39 is 17.8 Å². The lowest BCUT2D eigenvalue weighted by atomic mass is 9.76. The summed E-state index contributed by atoms with van der Waals surface area (Å²) < 4.78 is 21.5. The quantitative estimate of drug-likeness (QED) is 0.265. The predicted octanol–water partition coefficient (Wildman–Crippen LogP) is 6.47. The number of benzene rings is 2. The fourth-order valence-electron chi connectivity index (χ4n) is 6.55.